The number of aromatic nitrogens is 2. The first-order chi connectivity index (χ1) is 10.7. The van der Waals surface area contributed by atoms with Crippen LogP contribution in [-0.4, -0.2) is 15.5 Å². The summed E-state index contributed by atoms with van der Waals surface area (Å²) < 4.78 is 1.95. The van der Waals surface area contributed by atoms with E-state index in [1.54, 1.807) is 36.8 Å². The van der Waals surface area contributed by atoms with E-state index in [9.17, 15) is 4.79 Å². The molecule has 4 nitrogen and oxygen atoms in total. The van der Waals surface area contributed by atoms with Gasteiger partial charge in [0.05, 0.1) is 12.9 Å². The first kappa shape index (κ1) is 14.4. The summed E-state index contributed by atoms with van der Waals surface area (Å²) in [5.74, 6) is -0.158. The summed E-state index contributed by atoms with van der Waals surface area (Å²) >= 11 is 5.84. The fraction of sp³-hybridized carbons (Fsp3) is 0.0588. The Labute approximate surface area is 133 Å². The molecule has 1 amide bonds. The van der Waals surface area contributed by atoms with Crippen LogP contribution in [0.2, 0.25) is 5.02 Å². The lowest BCUT2D eigenvalue weighted by molar-refractivity contribution is 0.102. The molecular formula is C17H14ClN3O. The Bertz CT molecular complexity index is 767. The Hall–Kier alpha value is -2.59. The molecule has 0 unspecified atom stereocenters. The standard InChI is InChI=1S/C17H14ClN3O/c18-15-7-5-13(6-8-15)17(22)20-16-4-2-1-3-14(16)11-21-10-9-19-12-21/h1-10,12H,11H2,(H,20,22). The number of imidazole rings is 1. The van der Waals surface area contributed by atoms with Gasteiger partial charge >= 0.3 is 0 Å². The number of amides is 1. The fourth-order valence-corrected chi connectivity index (χ4v) is 2.28. The minimum absolute atomic E-state index is 0.158. The van der Waals surface area contributed by atoms with Crippen molar-refractivity contribution in [2.75, 3.05) is 5.32 Å². The zero-order valence-corrected chi connectivity index (χ0v) is 12.5. The van der Waals surface area contributed by atoms with Crippen LogP contribution in [0.15, 0.2) is 67.3 Å². The highest BCUT2D eigenvalue weighted by atomic mass is 35.5. The number of hydrogen-bond acceptors (Lipinski definition) is 2. The fourth-order valence-electron chi connectivity index (χ4n) is 2.15. The maximum absolute atomic E-state index is 12.3. The molecule has 110 valence electrons. The monoisotopic (exact) mass is 311 g/mol. The molecule has 1 heterocycles. The molecule has 0 saturated heterocycles. The number of rotatable bonds is 4. The number of nitrogens with zero attached hydrogens (tertiary/aromatic N) is 2. The zero-order chi connectivity index (χ0) is 15.4. The number of carbonyl (C=O) groups excluding carboxylic acids is 1. The molecular weight excluding hydrogens is 298 g/mol. The van der Waals surface area contributed by atoms with Crippen LogP contribution in [0, 0.1) is 0 Å². The highest BCUT2D eigenvalue weighted by Crippen LogP contribution is 2.18. The van der Waals surface area contributed by atoms with Crippen LogP contribution < -0.4 is 5.32 Å². The minimum Gasteiger partial charge on any atom is -0.333 e. The maximum Gasteiger partial charge on any atom is 0.255 e. The Balaban J connectivity index is 1.80. The molecule has 22 heavy (non-hydrogen) atoms. The van der Waals surface area contributed by atoms with Crippen LogP contribution in [0.4, 0.5) is 5.69 Å². The van der Waals surface area contributed by atoms with Crippen molar-refractivity contribution in [2.24, 2.45) is 0 Å². The quantitative estimate of drug-likeness (QED) is 0.796. The molecule has 0 fully saturated rings. The van der Waals surface area contributed by atoms with Crippen LogP contribution in [0.1, 0.15) is 15.9 Å². The summed E-state index contributed by atoms with van der Waals surface area (Å²) in [6.07, 6.45) is 5.37. The first-order valence-electron chi connectivity index (χ1n) is 6.83. The molecule has 5 heteroatoms. The third-order valence-corrected chi connectivity index (χ3v) is 3.54. The van der Waals surface area contributed by atoms with E-state index in [0.717, 1.165) is 11.3 Å². The summed E-state index contributed by atoms with van der Waals surface area (Å²) in [6.45, 7) is 0.650. The number of para-hydroxylation sites is 1. The van der Waals surface area contributed by atoms with Crippen LogP contribution in [0.5, 0.6) is 0 Å². The predicted molar refractivity (Wildman–Crippen MR) is 87.2 cm³/mol. The predicted octanol–water partition coefficient (Wildman–Crippen LogP) is 3.84. The van der Waals surface area contributed by atoms with Gasteiger partial charge in [-0.05, 0) is 35.9 Å². The van der Waals surface area contributed by atoms with E-state index in [1.165, 1.54) is 0 Å². The lowest BCUT2D eigenvalue weighted by Gasteiger charge is -2.11. The van der Waals surface area contributed by atoms with Gasteiger partial charge in [0.1, 0.15) is 0 Å². The number of anilines is 1. The van der Waals surface area contributed by atoms with Crippen molar-refractivity contribution in [1.82, 2.24) is 9.55 Å². The third kappa shape index (κ3) is 3.35. The Kier molecular flexibility index (Phi) is 4.21. The zero-order valence-electron chi connectivity index (χ0n) is 11.7. The molecule has 2 aromatic carbocycles. The second kappa shape index (κ2) is 6.45. The maximum atomic E-state index is 12.3. The van der Waals surface area contributed by atoms with Crippen LogP contribution >= 0.6 is 11.6 Å². The Morgan fingerprint density at radius 1 is 1.14 bits per heavy atom. The normalized spacial score (nSPS) is 10.4. The van der Waals surface area contributed by atoms with Crippen molar-refractivity contribution < 1.29 is 4.79 Å². The van der Waals surface area contributed by atoms with E-state index in [2.05, 4.69) is 10.3 Å². The van der Waals surface area contributed by atoms with Gasteiger partial charge in [0.15, 0.2) is 0 Å². The number of nitrogens with one attached hydrogen (secondary N) is 1. The molecule has 3 rings (SSSR count). The SMILES string of the molecule is O=C(Nc1ccccc1Cn1ccnc1)c1ccc(Cl)cc1. The van der Waals surface area contributed by atoms with E-state index in [0.29, 0.717) is 17.1 Å². The van der Waals surface area contributed by atoms with Crippen molar-refractivity contribution >= 4 is 23.2 Å². The highest BCUT2D eigenvalue weighted by Gasteiger charge is 2.09. The third-order valence-electron chi connectivity index (χ3n) is 3.28. The van der Waals surface area contributed by atoms with Crippen LogP contribution in [0.3, 0.4) is 0 Å². The van der Waals surface area contributed by atoms with Crippen molar-refractivity contribution in [3.8, 4) is 0 Å². The molecule has 0 atom stereocenters. The molecule has 1 aromatic heterocycles. The molecule has 0 aliphatic heterocycles. The van der Waals surface area contributed by atoms with Crippen molar-refractivity contribution in [1.29, 1.82) is 0 Å². The number of halogens is 1. The van der Waals surface area contributed by atoms with Crippen molar-refractivity contribution in [3.05, 3.63) is 83.4 Å². The van der Waals surface area contributed by atoms with E-state index in [4.69, 9.17) is 11.6 Å². The molecule has 0 spiro atoms. The number of hydrogen-bond donors (Lipinski definition) is 1. The topological polar surface area (TPSA) is 46.9 Å². The van der Waals surface area contributed by atoms with Gasteiger partial charge in [0.25, 0.3) is 5.91 Å². The van der Waals surface area contributed by atoms with Gasteiger partial charge in [0.2, 0.25) is 0 Å². The molecule has 0 bridgehead atoms. The number of benzene rings is 2. The van der Waals surface area contributed by atoms with Gasteiger partial charge in [0, 0.05) is 28.7 Å². The minimum atomic E-state index is -0.158. The largest absolute Gasteiger partial charge is 0.333 e. The summed E-state index contributed by atoms with van der Waals surface area (Å²) in [6, 6.07) is 14.5. The van der Waals surface area contributed by atoms with Crippen LogP contribution in [0.25, 0.3) is 0 Å². The summed E-state index contributed by atoms with van der Waals surface area (Å²) in [7, 11) is 0. The van der Waals surface area contributed by atoms with Gasteiger partial charge < -0.3 is 9.88 Å². The Morgan fingerprint density at radius 3 is 2.64 bits per heavy atom. The van der Waals surface area contributed by atoms with Crippen molar-refractivity contribution in [2.45, 2.75) is 6.54 Å². The molecule has 0 saturated carbocycles. The summed E-state index contributed by atoms with van der Waals surface area (Å²) in [4.78, 5) is 16.3. The summed E-state index contributed by atoms with van der Waals surface area (Å²) in [5.41, 5.74) is 2.38. The second-order valence-corrected chi connectivity index (χ2v) is 5.29. The first-order valence-corrected chi connectivity index (χ1v) is 7.21. The molecule has 1 N–H and O–H groups in total. The van der Waals surface area contributed by atoms with Gasteiger partial charge in [-0.25, -0.2) is 4.98 Å². The lowest BCUT2D eigenvalue weighted by atomic mass is 10.1. The Morgan fingerprint density at radius 2 is 1.91 bits per heavy atom. The molecule has 0 radical (unpaired) electrons. The lowest BCUT2D eigenvalue weighted by Crippen LogP contribution is -2.13. The summed E-state index contributed by atoms with van der Waals surface area (Å²) in [5, 5.41) is 3.55. The van der Waals surface area contributed by atoms with Gasteiger partial charge in [-0.1, -0.05) is 29.8 Å². The number of carbonyl (C=O) groups is 1. The van der Waals surface area contributed by atoms with E-state index in [1.807, 2.05) is 35.0 Å². The highest BCUT2D eigenvalue weighted by molar-refractivity contribution is 6.30. The molecule has 3 aromatic rings. The van der Waals surface area contributed by atoms with E-state index >= 15 is 0 Å². The van der Waals surface area contributed by atoms with E-state index < -0.39 is 0 Å². The van der Waals surface area contributed by atoms with Crippen molar-refractivity contribution in [3.63, 3.8) is 0 Å². The second-order valence-electron chi connectivity index (χ2n) is 4.85. The smallest absolute Gasteiger partial charge is 0.255 e. The van der Waals surface area contributed by atoms with E-state index in [-0.39, 0.29) is 5.91 Å². The average Bonchev–Trinajstić information content (AvgIpc) is 3.03. The molecule has 0 aliphatic carbocycles. The average molecular weight is 312 g/mol. The molecule has 0 aliphatic rings. The van der Waals surface area contributed by atoms with Crippen LogP contribution in [-0.2, 0) is 6.54 Å². The van der Waals surface area contributed by atoms with Gasteiger partial charge in [-0.2, -0.15) is 0 Å². The van der Waals surface area contributed by atoms with Gasteiger partial charge in [-0.15, -0.1) is 0 Å². The van der Waals surface area contributed by atoms with Gasteiger partial charge in [-0.3, -0.25) is 4.79 Å².